The fraction of sp³-hybridized carbons (Fsp3) is 0.550. The van der Waals surface area contributed by atoms with Crippen molar-refractivity contribution in [3.63, 3.8) is 0 Å². The molecule has 2 atom stereocenters. The zero-order valence-corrected chi connectivity index (χ0v) is 15.8. The van der Waals surface area contributed by atoms with Crippen molar-refractivity contribution in [3.05, 3.63) is 35.7 Å². The molecule has 0 unspecified atom stereocenters. The van der Waals surface area contributed by atoms with Gasteiger partial charge in [0.1, 0.15) is 5.76 Å². The molecule has 2 fully saturated rings. The van der Waals surface area contributed by atoms with Crippen LogP contribution in [0, 0.1) is 18.3 Å². The number of aromatic nitrogens is 1. The standard InChI is InChI=1S/C20H26N2O2S/c1-14-18(11-22-10-16-4-3-9-20(16,12-22)13-23)21-19(24-14)15-5-7-17(25-2)8-6-15/h5-8,16,23H,3-4,9-13H2,1-2H3/t16-,20+/m1/s1. The van der Waals surface area contributed by atoms with Crippen LogP contribution in [0.5, 0.6) is 0 Å². The maximum Gasteiger partial charge on any atom is 0.226 e. The number of thioether (sulfide) groups is 1. The van der Waals surface area contributed by atoms with Crippen LogP contribution in [-0.4, -0.2) is 40.9 Å². The second-order valence-electron chi connectivity index (χ2n) is 7.53. The summed E-state index contributed by atoms with van der Waals surface area (Å²) in [5.41, 5.74) is 2.18. The van der Waals surface area contributed by atoms with Crippen LogP contribution in [0.25, 0.3) is 11.5 Å². The average Bonchev–Trinajstić information content (AvgIpc) is 3.28. The summed E-state index contributed by atoms with van der Waals surface area (Å²) >= 11 is 1.73. The molecule has 0 bridgehead atoms. The monoisotopic (exact) mass is 358 g/mol. The van der Waals surface area contributed by atoms with Crippen LogP contribution in [0.4, 0.5) is 0 Å². The number of aliphatic hydroxyl groups is 1. The summed E-state index contributed by atoms with van der Waals surface area (Å²) < 4.78 is 5.94. The highest BCUT2D eigenvalue weighted by Crippen LogP contribution is 2.48. The van der Waals surface area contributed by atoms with E-state index in [1.807, 2.05) is 6.92 Å². The fourth-order valence-electron chi connectivity index (χ4n) is 4.55. The number of rotatable bonds is 5. The number of aliphatic hydroxyl groups excluding tert-OH is 1. The largest absolute Gasteiger partial charge is 0.441 e. The predicted molar refractivity (Wildman–Crippen MR) is 101 cm³/mol. The molecule has 4 rings (SSSR count). The summed E-state index contributed by atoms with van der Waals surface area (Å²) in [5.74, 6) is 2.25. The van der Waals surface area contributed by atoms with Gasteiger partial charge in [0.25, 0.3) is 0 Å². The first kappa shape index (κ1) is 17.1. The molecule has 2 heterocycles. The fourth-order valence-corrected chi connectivity index (χ4v) is 4.96. The number of oxazole rings is 1. The van der Waals surface area contributed by atoms with Crippen LogP contribution in [-0.2, 0) is 6.54 Å². The maximum absolute atomic E-state index is 9.90. The Morgan fingerprint density at radius 3 is 2.84 bits per heavy atom. The Morgan fingerprint density at radius 1 is 1.36 bits per heavy atom. The summed E-state index contributed by atoms with van der Waals surface area (Å²) in [4.78, 5) is 8.45. The number of nitrogens with zero attached hydrogens (tertiary/aromatic N) is 2. The molecule has 1 saturated heterocycles. The first-order valence-electron chi connectivity index (χ1n) is 9.07. The Balaban J connectivity index is 1.49. The van der Waals surface area contributed by atoms with E-state index in [4.69, 9.17) is 9.40 Å². The smallest absolute Gasteiger partial charge is 0.226 e. The molecule has 4 nitrogen and oxygen atoms in total. The molecule has 1 aliphatic carbocycles. The minimum absolute atomic E-state index is 0.133. The van der Waals surface area contributed by atoms with Crippen LogP contribution in [0.1, 0.15) is 30.7 Å². The molecule has 2 aromatic rings. The van der Waals surface area contributed by atoms with Gasteiger partial charge in [-0.25, -0.2) is 4.98 Å². The third-order valence-corrected chi connectivity index (χ3v) is 6.77. The zero-order valence-electron chi connectivity index (χ0n) is 15.0. The summed E-state index contributed by atoms with van der Waals surface area (Å²) in [7, 11) is 0. The van der Waals surface area contributed by atoms with Gasteiger partial charge in [0.05, 0.1) is 12.3 Å². The molecule has 134 valence electrons. The lowest BCUT2D eigenvalue weighted by molar-refractivity contribution is 0.111. The van der Waals surface area contributed by atoms with Crippen LogP contribution >= 0.6 is 11.8 Å². The van der Waals surface area contributed by atoms with E-state index in [0.717, 1.165) is 43.1 Å². The van der Waals surface area contributed by atoms with Crippen LogP contribution in [0.2, 0.25) is 0 Å². The Labute approximate surface area is 153 Å². The number of hydrogen-bond acceptors (Lipinski definition) is 5. The second kappa shape index (κ2) is 6.78. The van der Waals surface area contributed by atoms with Crippen molar-refractivity contribution in [1.82, 2.24) is 9.88 Å². The third-order valence-electron chi connectivity index (χ3n) is 6.03. The number of likely N-dealkylation sites (tertiary alicyclic amines) is 1. The van der Waals surface area contributed by atoms with Gasteiger partial charge in [0.15, 0.2) is 0 Å². The van der Waals surface area contributed by atoms with Gasteiger partial charge in [-0.3, -0.25) is 4.90 Å². The van der Waals surface area contributed by atoms with Crippen molar-refractivity contribution < 1.29 is 9.52 Å². The Kier molecular flexibility index (Phi) is 4.65. The molecule has 1 aliphatic heterocycles. The normalized spacial score (nSPS) is 26.3. The first-order chi connectivity index (χ1) is 12.1. The molecular weight excluding hydrogens is 332 g/mol. The molecular formula is C20H26N2O2S. The van der Waals surface area contributed by atoms with Gasteiger partial charge in [-0.2, -0.15) is 0 Å². The van der Waals surface area contributed by atoms with Crippen molar-refractivity contribution in [1.29, 1.82) is 0 Å². The van der Waals surface area contributed by atoms with Crippen molar-refractivity contribution in [3.8, 4) is 11.5 Å². The Bertz CT molecular complexity index is 743. The minimum atomic E-state index is 0.133. The van der Waals surface area contributed by atoms with Gasteiger partial charge in [-0.15, -0.1) is 11.8 Å². The van der Waals surface area contributed by atoms with Crippen LogP contribution in [0.15, 0.2) is 33.6 Å². The molecule has 1 aromatic heterocycles. The van der Waals surface area contributed by atoms with E-state index in [2.05, 4.69) is 35.4 Å². The van der Waals surface area contributed by atoms with Gasteiger partial charge in [-0.05, 0) is 56.2 Å². The highest BCUT2D eigenvalue weighted by Gasteiger charge is 2.48. The van der Waals surface area contributed by atoms with E-state index >= 15 is 0 Å². The van der Waals surface area contributed by atoms with E-state index < -0.39 is 0 Å². The summed E-state index contributed by atoms with van der Waals surface area (Å²) in [6, 6.07) is 8.35. The number of hydrogen-bond donors (Lipinski definition) is 1. The lowest BCUT2D eigenvalue weighted by Gasteiger charge is -2.26. The van der Waals surface area contributed by atoms with Crippen molar-refractivity contribution in [2.45, 2.75) is 37.6 Å². The lowest BCUT2D eigenvalue weighted by atomic mass is 9.82. The van der Waals surface area contributed by atoms with E-state index in [1.54, 1.807) is 11.8 Å². The van der Waals surface area contributed by atoms with E-state index in [1.165, 1.54) is 17.7 Å². The van der Waals surface area contributed by atoms with Crippen LogP contribution in [0.3, 0.4) is 0 Å². The number of aryl methyl sites for hydroxylation is 1. The topological polar surface area (TPSA) is 49.5 Å². The third kappa shape index (κ3) is 3.14. The van der Waals surface area contributed by atoms with Gasteiger partial charge >= 0.3 is 0 Å². The Morgan fingerprint density at radius 2 is 2.16 bits per heavy atom. The molecule has 0 amide bonds. The summed E-state index contributed by atoms with van der Waals surface area (Å²) in [6.45, 7) is 5.19. The SMILES string of the molecule is CSc1ccc(-c2nc(CN3C[C@H]4CCC[C@@]4(CO)C3)c(C)o2)cc1. The quantitative estimate of drug-likeness (QED) is 0.820. The van der Waals surface area contributed by atoms with Crippen molar-refractivity contribution >= 4 is 11.8 Å². The summed E-state index contributed by atoms with van der Waals surface area (Å²) in [5, 5.41) is 9.90. The second-order valence-corrected chi connectivity index (χ2v) is 8.41. The van der Waals surface area contributed by atoms with Gasteiger partial charge in [0, 0.05) is 35.5 Å². The minimum Gasteiger partial charge on any atom is -0.441 e. The van der Waals surface area contributed by atoms with Crippen LogP contribution < -0.4 is 0 Å². The summed E-state index contributed by atoms with van der Waals surface area (Å²) in [6.07, 6.45) is 5.75. The Hall–Kier alpha value is -1.30. The van der Waals surface area contributed by atoms with Gasteiger partial charge < -0.3 is 9.52 Å². The molecule has 2 aliphatic rings. The predicted octanol–water partition coefficient (Wildman–Crippen LogP) is 3.97. The van der Waals surface area contributed by atoms with Gasteiger partial charge in [-0.1, -0.05) is 6.42 Å². The molecule has 5 heteroatoms. The molecule has 1 N–H and O–H groups in total. The zero-order chi connectivity index (χ0) is 17.4. The highest BCUT2D eigenvalue weighted by molar-refractivity contribution is 7.98. The van der Waals surface area contributed by atoms with Gasteiger partial charge in [0.2, 0.25) is 5.89 Å². The van der Waals surface area contributed by atoms with E-state index in [0.29, 0.717) is 18.4 Å². The maximum atomic E-state index is 9.90. The average molecular weight is 359 g/mol. The van der Waals surface area contributed by atoms with Crippen molar-refractivity contribution in [2.24, 2.45) is 11.3 Å². The molecule has 1 saturated carbocycles. The van der Waals surface area contributed by atoms with Crippen molar-refractivity contribution in [2.75, 3.05) is 26.0 Å². The first-order valence-corrected chi connectivity index (χ1v) is 10.3. The number of fused-ring (bicyclic) bond motifs is 1. The molecule has 0 spiro atoms. The number of benzene rings is 1. The van der Waals surface area contributed by atoms with E-state index in [-0.39, 0.29) is 5.41 Å². The highest BCUT2D eigenvalue weighted by atomic mass is 32.2. The van der Waals surface area contributed by atoms with E-state index in [9.17, 15) is 5.11 Å². The molecule has 0 radical (unpaired) electrons. The molecule has 1 aromatic carbocycles. The lowest BCUT2D eigenvalue weighted by Crippen LogP contribution is -2.30. The molecule has 25 heavy (non-hydrogen) atoms.